The first kappa shape index (κ1) is 20.8. The highest BCUT2D eigenvalue weighted by atomic mass is 19.1. The Morgan fingerprint density at radius 2 is 1.94 bits per heavy atom. The summed E-state index contributed by atoms with van der Waals surface area (Å²) in [5, 5.41) is 5.94. The minimum atomic E-state index is -0.563. The van der Waals surface area contributed by atoms with E-state index >= 15 is 0 Å². The number of halogens is 1. The van der Waals surface area contributed by atoms with Crippen LogP contribution in [0.1, 0.15) is 40.4 Å². The van der Waals surface area contributed by atoms with Crippen molar-refractivity contribution < 1.29 is 9.18 Å². The highest BCUT2D eigenvalue weighted by molar-refractivity contribution is 5.81. The molecule has 3 aromatic rings. The third-order valence-corrected chi connectivity index (χ3v) is 5.47. The van der Waals surface area contributed by atoms with Gasteiger partial charge in [0.05, 0.1) is 0 Å². The molecule has 1 unspecified atom stereocenters. The zero-order valence-corrected chi connectivity index (χ0v) is 17.6. The van der Waals surface area contributed by atoms with Gasteiger partial charge in [0.25, 0.3) is 5.56 Å². The van der Waals surface area contributed by atoms with Gasteiger partial charge in [-0.2, -0.15) is 0 Å². The lowest BCUT2D eigenvalue weighted by atomic mass is 10.1. The van der Waals surface area contributed by atoms with Crippen LogP contribution in [-0.4, -0.2) is 15.5 Å². The van der Waals surface area contributed by atoms with Crippen molar-refractivity contribution in [3.63, 3.8) is 0 Å². The number of fused-ring (bicyclic) bond motifs is 1. The molecule has 0 aliphatic carbocycles. The van der Waals surface area contributed by atoms with Gasteiger partial charge in [-0.3, -0.25) is 14.2 Å². The van der Waals surface area contributed by atoms with E-state index in [9.17, 15) is 14.0 Å². The summed E-state index contributed by atoms with van der Waals surface area (Å²) in [7, 11) is 0. The summed E-state index contributed by atoms with van der Waals surface area (Å²) in [4.78, 5) is 30.1. The average Bonchev–Trinajstić information content (AvgIpc) is 3.16. The van der Waals surface area contributed by atoms with Gasteiger partial charge in [0, 0.05) is 25.0 Å². The minimum absolute atomic E-state index is 0.157. The molecule has 1 amide bonds. The number of amides is 1. The van der Waals surface area contributed by atoms with Crippen LogP contribution >= 0.6 is 0 Å². The van der Waals surface area contributed by atoms with E-state index in [1.165, 1.54) is 16.7 Å². The van der Waals surface area contributed by atoms with E-state index in [-0.39, 0.29) is 29.6 Å². The Bertz CT molecular complexity index is 1170. The van der Waals surface area contributed by atoms with Crippen molar-refractivity contribution in [1.29, 1.82) is 0 Å². The van der Waals surface area contributed by atoms with Crippen molar-refractivity contribution in [2.24, 2.45) is 0 Å². The van der Waals surface area contributed by atoms with E-state index in [1.807, 2.05) is 44.2 Å². The van der Waals surface area contributed by atoms with Gasteiger partial charge in [0.15, 0.2) is 5.82 Å². The van der Waals surface area contributed by atoms with E-state index in [0.29, 0.717) is 19.4 Å². The smallest absolute Gasteiger partial charge is 0.294 e. The molecule has 2 heterocycles. The van der Waals surface area contributed by atoms with E-state index in [4.69, 9.17) is 0 Å². The average molecular weight is 420 g/mol. The molecule has 2 aromatic carbocycles. The van der Waals surface area contributed by atoms with Crippen molar-refractivity contribution in [2.75, 3.05) is 5.32 Å². The number of carbonyl (C=O) groups is 1. The molecule has 0 saturated carbocycles. The molecule has 4 rings (SSSR count). The molecule has 6 nitrogen and oxygen atoms in total. The summed E-state index contributed by atoms with van der Waals surface area (Å²) < 4.78 is 15.1. The normalized spacial score (nSPS) is 14.9. The molecule has 1 atom stereocenters. The van der Waals surface area contributed by atoms with Crippen molar-refractivity contribution in [1.82, 2.24) is 14.9 Å². The van der Waals surface area contributed by atoms with E-state index in [2.05, 4.69) is 15.6 Å². The van der Waals surface area contributed by atoms with Crippen molar-refractivity contribution >= 4 is 11.7 Å². The number of hydrogen-bond acceptors (Lipinski definition) is 4. The topological polar surface area (TPSA) is 76.0 Å². The quantitative estimate of drug-likeness (QED) is 0.641. The number of nitrogens with zero attached hydrogens (tertiary/aromatic N) is 2. The highest BCUT2D eigenvalue weighted by Gasteiger charge is 2.30. The number of carbonyl (C=O) groups excluding carboxylic acids is 1. The first-order valence-corrected chi connectivity index (χ1v) is 10.3. The molecule has 2 N–H and O–H groups in total. The van der Waals surface area contributed by atoms with Crippen LogP contribution in [0.5, 0.6) is 0 Å². The van der Waals surface area contributed by atoms with E-state index < -0.39 is 6.04 Å². The van der Waals surface area contributed by atoms with Crippen LogP contribution in [0.2, 0.25) is 0 Å². The molecule has 1 aromatic heterocycles. The molecule has 0 spiro atoms. The van der Waals surface area contributed by atoms with E-state index in [1.54, 1.807) is 6.20 Å². The van der Waals surface area contributed by atoms with Crippen LogP contribution in [-0.2, 0) is 24.3 Å². The second-order valence-corrected chi connectivity index (χ2v) is 8.03. The number of aromatic nitrogens is 2. The Hall–Kier alpha value is -3.48. The summed E-state index contributed by atoms with van der Waals surface area (Å²) in [6.07, 6.45) is 2.81. The molecule has 0 fully saturated rings. The van der Waals surface area contributed by atoms with Crippen LogP contribution in [0.25, 0.3) is 0 Å². The Labute approximate surface area is 180 Å². The largest absolute Gasteiger partial charge is 0.361 e. The standard InChI is InChI=1S/C24H25FN4O2/c1-15-4-3-5-17(8-15)12-28-23(30)21-7-6-20-14-27-22(24(31)29(20)21)26-13-18-9-16(2)10-19(25)11-18/h3-5,8-11,14,21H,6-7,12-13H2,1-2H3,(H,26,27)(H,28,30). The Morgan fingerprint density at radius 3 is 2.71 bits per heavy atom. The lowest BCUT2D eigenvalue weighted by molar-refractivity contribution is -0.124. The summed E-state index contributed by atoms with van der Waals surface area (Å²) in [5.41, 5.74) is 4.08. The van der Waals surface area contributed by atoms with Gasteiger partial charge >= 0.3 is 0 Å². The number of rotatable bonds is 6. The number of anilines is 1. The van der Waals surface area contributed by atoms with Gasteiger partial charge in [0.1, 0.15) is 11.9 Å². The molecular weight excluding hydrogens is 395 g/mol. The lowest BCUT2D eigenvalue weighted by Gasteiger charge is -2.16. The molecule has 7 heteroatoms. The number of nitrogens with one attached hydrogen (secondary N) is 2. The van der Waals surface area contributed by atoms with Gasteiger partial charge in [0.2, 0.25) is 5.91 Å². The third-order valence-electron chi connectivity index (χ3n) is 5.47. The zero-order valence-electron chi connectivity index (χ0n) is 17.6. The van der Waals surface area contributed by atoms with Gasteiger partial charge in [-0.05, 0) is 55.5 Å². The molecular formula is C24H25FN4O2. The monoisotopic (exact) mass is 420 g/mol. The summed E-state index contributed by atoms with van der Waals surface area (Å²) >= 11 is 0. The predicted molar refractivity (Wildman–Crippen MR) is 117 cm³/mol. The summed E-state index contributed by atoms with van der Waals surface area (Å²) in [6.45, 7) is 4.50. The van der Waals surface area contributed by atoms with Gasteiger partial charge in [-0.25, -0.2) is 9.37 Å². The summed E-state index contributed by atoms with van der Waals surface area (Å²) in [5.74, 6) is -0.343. The molecule has 160 valence electrons. The SMILES string of the molecule is Cc1cccc(CNC(=O)C2CCc3cnc(NCc4cc(C)cc(F)c4)c(=O)n32)c1. The number of benzene rings is 2. The van der Waals surface area contributed by atoms with Crippen molar-refractivity contribution in [2.45, 2.75) is 45.8 Å². The third kappa shape index (κ3) is 4.66. The van der Waals surface area contributed by atoms with Crippen LogP contribution in [0.4, 0.5) is 10.2 Å². The predicted octanol–water partition coefficient (Wildman–Crippen LogP) is 3.42. The fourth-order valence-corrected chi connectivity index (χ4v) is 4.04. The van der Waals surface area contributed by atoms with Crippen molar-refractivity contribution in [3.8, 4) is 0 Å². The first-order chi connectivity index (χ1) is 14.9. The highest BCUT2D eigenvalue weighted by Crippen LogP contribution is 2.24. The maximum absolute atomic E-state index is 13.6. The Morgan fingerprint density at radius 1 is 1.13 bits per heavy atom. The van der Waals surface area contributed by atoms with Gasteiger partial charge in [-0.15, -0.1) is 0 Å². The molecule has 31 heavy (non-hydrogen) atoms. The molecule has 0 bridgehead atoms. The van der Waals surface area contributed by atoms with Crippen LogP contribution < -0.4 is 16.2 Å². The number of hydrogen-bond donors (Lipinski definition) is 2. The van der Waals surface area contributed by atoms with Gasteiger partial charge < -0.3 is 10.6 Å². The van der Waals surface area contributed by atoms with Gasteiger partial charge in [-0.1, -0.05) is 35.9 Å². The minimum Gasteiger partial charge on any atom is -0.361 e. The molecule has 0 saturated heterocycles. The second-order valence-electron chi connectivity index (χ2n) is 8.03. The Balaban J connectivity index is 1.48. The zero-order chi connectivity index (χ0) is 22.0. The molecule has 1 aliphatic rings. The lowest BCUT2D eigenvalue weighted by Crippen LogP contribution is -2.36. The molecule has 1 aliphatic heterocycles. The maximum atomic E-state index is 13.6. The Kier molecular flexibility index (Phi) is 5.84. The second kappa shape index (κ2) is 8.71. The summed E-state index contributed by atoms with van der Waals surface area (Å²) in [6, 6.07) is 12.1. The number of aryl methyl sites for hydroxylation is 3. The fraction of sp³-hybridized carbons (Fsp3) is 0.292. The fourth-order valence-electron chi connectivity index (χ4n) is 4.04. The van der Waals surface area contributed by atoms with Crippen LogP contribution in [0.15, 0.2) is 53.5 Å². The van der Waals surface area contributed by atoms with E-state index in [0.717, 1.165) is 27.9 Å². The van der Waals surface area contributed by atoms with Crippen molar-refractivity contribution in [3.05, 3.63) is 92.8 Å². The maximum Gasteiger partial charge on any atom is 0.294 e. The first-order valence-electron chi connectivity index (χ1n) is 10.3. The van der Waals surface area contributed by atoms with Crippen LogP contribution in [0.3, 0.4) is 0 Å². The molecule has 0 radical (unpaired) electrons. The van der Waals surface area contributed by atoms with Crippen LogP contribution in [0, 0.1) is 19.7 Å².